The van der Waals surface area contributed by atoms with Gasteiger partial charge in [0.25, 0.3) is 0 Å². The van der Waals surface area contributed by atoms with Crippen molar-refractivity contribution in [2.24, 2.45) is 0 Å². The number of hydrogen-bond acceptors (Lipinski definition) is 3. The molecule has 0 spiro atoms. The van der Waals surface area contributed by atoms with Crippen LogP contribution in [-0.2, 0) is 24.3 Å². The number of carbonyl (C=O) groups is 1. The Labute approximate surface area is 164 Å². The molecule has 0 aromatic heterocycles. The Morgan fingerprint density at radius 2 is 1.64 bits per heavy atom. The Morgan fingerprint density at radius 1 is 0.929 bits per heavy atom. The lowest BCUT2D eigenvalue weighted by molar-refractivity contribution is -0.260. The molecule has 0 saturated heterocycles. The molecule has 0 bridgehead atoms. The number of rotatable bonds is 6. The fourth-order valence-electron chi connectivity index (χ4n) is 3.76. The van der Waals surface area contributed by atoms with E-state index in [0.29, 0.717) is 6.54 Å². The molecule has 0 atom stereocenters. The van der Waals surface area contributed by atoms with Gasteiger partial charge in [0.05, 0.1) is 20.2 Å². The van der Waals surface area contributed by atoms with Crippen LogP contribution in [0.4, 0.5) is 4.79 Å². The van der Waals surface area contributed by atoms with Crippen molar-refractivity contribution in [3.8, 4) is 11.1 Å². The zero-order chi connectivity index (χ0) is 19.5. The maximum Gasteiger partial charge on any atom is 0.424 e. The van der Waals surface area contributed by atoms with Gasteiger partial charge in [-0.05, 0) is 39.8 Å². The van der Waals surface area contributed by atoms with Crippen LogP contribution in [0.15, 0.2) is 72.8 Å². The first-order chi connectivity index (χ1) is 13.7. The van der Waals surface area contributed by atoms with Crippen LogP contribution in [0, 0.1) is 0 Å². The van der Waals surface area contributed by atoms with Gasteiger partial charge in [0.1, 0.15) is 0 Å². The summed E-state index contributed by atoms with van der Waals surface area (Å²) in [6, 6.07) is 24.1. The topological polar surface area (TPSA) is 53.0 Å². The third-order valence-corrected chi connectivity index (χ3v) is 5.13. The molecule has 5 nitrogen and oxygen atoms in total. The van der Waals surface area contributed by atoms with E-state index in [2.05, 4.69) is 18.2 Å². The predicted molar refractivity (Wildman–Crippen MR) is 107 cm³/mol. The molecule has 142 valence electrons. The molecule has 28 heavy (non-hydrogen) atoms. The van der Waals surface area contributed by atoms with Crippen LogP contribution >= 0.6 is 0 Å². The number of fused-ring (bicyclic) bond motifs is 3. The fourth-order valence-corrected chi connectivity index (χ4v) is 3.76. The molecule has 5 heteroatoms. The Hall–Kier alpha value is -3.15. The molecule has 0 aliphatic heterocycles. The summed E-state index contributed by atoms with van der Waals surface area (Å²) in [5.41, 5.74) is 6.84. The average molecular weight is 374 g/mol. The standard InChI is InChI=1S/C23H22N2O3/c1-28-25(15-17-8-3-2-4-9-17)24(23(26)27)16-19-11-7-13-21-20-12-6-5-10-18(20)14-22(19)21/h2-13H,14-16H2,1H3,(H,26,27). The normalized spacial score (nSPS) is 11.9. The van der Waals surface area contributed by atoms with Gasteiger partial charge in [-0.15, -0.1) is 0 Å². The molecule has 1 N–H and O–H groups in total. The van der Waals surface area contributed by atoms with Crippen molar-refractivity contribution >= 4 is 6.09 Å². The smallest absolute Gasteiger partial charge is 0.424 e. The van der Waals surface area contributed by atoms with E-state index in [-0.39, 0.29) is 6.54 Å². The molecular weight excluding hydrogens is 352 g/mol. The minimum atomic E-state index is -1.05. The van der Waals surface area contributed by atoms with Gasteiger partial charge in [-0.1, -0.05) is 78.0 Å². The zero-order valence-corrected chi connectivity index (χ0v) is 15.7. The van der Waals surface area contributed by atoms with Gasteiger partial charge in [0, 0.05) is 0 Å². The maximum absolute atomic E-state index is 12.0. The predicted octanol–water partition coefficient (Wildman–Crippen LogP) is 4.72. The third kappa shape index (κ3) is 3.50. The summed E-state index contributed by atoms with van der Waals surface area (Å²) in [4.78, 5) is 17.4. The first-order valence-corrected chi connectivity index (χ1v) is 9.22. The number of hydrogen-bond donors (Lipinski definition) is 1. The minimum Gasteiger partial charge on any atom is -0.464 e. The quantitative estimate of drug-likeness (QED) is 0.496. The molecule has 1 amide bonds. The molecular formula is C23H22N2O3. The lowest BCUT2D eigenvalue weighted by atomic mass is 10.0. The van der Waals surface area contributed by atoms with Gasteiger partial charge in [-0.25, -0.2) is 9.80 Å². The number of benzene rings is 3. The van der Waals surface area contributed by atoms with Gasteiger partial charge in [-0.3, -0.25) is 4.84 Å². The second kappa shape index (κ2) is 7.84. The molecule has 0 saturated carbocycles. The highest BCUT2D eigenvalue weighted by molar-refractivity contribution is 5.78. The molecule has 1 aliphatic carbocycles. The van der Waals surface area contributed by atoms with Gasteiger partial charge < -0.3 is 5.11 Å². The molecule has 0 fully saturated rings. The highest BCUT2D eigenvalue weighted by Crippen LogP contribution is 2.38. The first kappa shape index (κ1) is 18.2. The van der Waals surface area contributed by atoms with E-state index < -0.39 is 6.09 Å². The van der Waals surface area contributed by atoms with Crippen LogP contribution < -0.4 is 0 Å². The monoisotopic (exact) mass is 374 g/mol. The lowest BCUT2D eigenvalue weighted by Crippen LogP contribution is -2.44. The first-order valence-electron chi connectivity index (χ1n) is 9.22. The van der Waals surface area contributed by atoms with E-state index in [1.807, 2.05) is 54.6 Å². The lowest BCUT2D eigenvalue weighted by Gasteiger charge is -2.31. The fraction of sp³-hybridized carbons (Fsp3) is 0.174. The van der Waals surface area contributed by atoms with Gasteiger partial charge >= 0.3 is 6.09 Å². The van der Waals surface area contributed by atoms with Crippen LogP contribution in [-0.4, -0.2) is 28.5 Å². The van der Waals surface area contributed by atoms with E-state index in [0.717, 1.165) is 17.5 Å². The molecule has 0 radical (unpaired) electrons. The van der Waals surface area contributed by atoms with Crippen molar-refractivity contribution in [3.05, 3.63) is 95.1 Å². The number of carboxylic acid groups (broad SMARTS) is 1. The summed E-state index contributed by atoms with van der Waals surface area (Å²) in [7, 11) is 1.49. The average Bonchev–Trinajstić information content (AvgIpc) is 3.10. The summed E-state index contributed by atoms with van der Waals surface area (Å²) in [5, 5.41) is 12.5. The molecule has 3 aromatic rings. The number of amides is 1. The highest BCUT2D eigenvalue weighted by Gasteiger charge is 2.26. The van der Waals surface area contributed by atoms with Crippen LogP contribution in [0.3, 0.4) is 0 Å². The summed E-state index contributed by atoms with van der Waals surface area (Å²) in [5.74, 6) is 0. The van der Waals surface area contributed by atoms with Gasteiger partial charge in [0.2, 0.25) is 0 Å². The summed E-state index contributed by atoms with van der Waals surface area (Å²) >= 11 is 0. The number of nitrogens with zero attached hydrogens (tertiary/aromatic N) is 2. The van der Waals surface area contributed by atoms with Crippen molar-refractivity contribution in [2.75, 3.05) is 7.11 Å². The molecule has 0 heterocycles. The van der Waals surface area contributed by atoms with Crippen LogP contribution in [0.2, 0.25) is 0 Å². The second-order valence-corrected chi connectivity index (χ2v) is 6.80. The number of hydrazine groups is 1. The van der Waals surface area contributed by atoms with E-state index >= 15 is 0 Å². The SMILES string of the molecule is CON(Cc1ccccc1)N(Cc1cccc2c1Cc1ccccc1-2)C(=O)O. The van der Waals surface area contributed by atoms with Crippen LogP contribution in [0.25, 0.3) is 11.1 Å². The summed E-state index contributed by atoms with van der Waals surface area (Å²) in [6.07, 6.45) is -0.230. The van der Waals surface area contributed by atoms with Crippen molar-refractivity contribution in [1.29, 1.82) is 0 Å². The van der Waals surface area contributed by atoms with Crippen molar-refractivity contribution in [1.82, 2.24) is 10.2 Å². The van der Waals surface area contributed by atoms with Gasteiger partial charge in [0.15, 0.2) is 0 Å². The van der Waals surface area contributed by atoms with E-state index in [1.54, 1.807) is 0 Å². The Morgan fingerprint density at radius 3 is 2.39 bits per heavy atom. The highest BCUT2D eigenvalue weighted by atomic mass is 16.7. The third-order valence-electron chi connectivity index (χ3n) is 5.13. The zero-order valence-electron chi connectivity index (χ0n) is 15.7. The van der Waals surface area contributed by atoms with Crippen molar-refractivity contribution in [2.45, 2.75) is 19.5 Å². The van der Waals surface area contributed by atoms with E-state index in [4.69, 9.17) is 4.84 Å². The van der Waals surface area contributed by atoms with E-state index in [9.17, 15) is 9.90 Å². The Kier molecular flexibility index (Phi) is 5.10. The van der Waals surface area contributed by atoms with E-state index in [1.165, 1.54) is 39.5 Å². The Balaban J connectivity index is 1.62. The summed E-state index contributed by atoms with van der Waals surface area (Å²) in [6.45, 7) is 0.575. The molecule has 1 aliphatic rings. The van der Waals surface area contributed by atoms with Gasteiger partial charge in [-0.2, -0.15) is 0 Å². The van der Waals surface area contributed by atoms with Crippen molar-refractivity contribution in [3.63, 3.8) is 0 Å². The molecule has 4 rings (SSSR count). The maximum atomic E-state index is 12.0. The van der Waals surface area contributed by atoms with Crippen LogP contribution in [0.1, 0.15) is 22.3 Å². The summed E-state index contributed by atoms with van der Waals surface area (Å²) < 4.78 is 0. The number of hydroxylamine groups is 1. The largest absolute Gasteiger partial charge is 0.464 e. The van der Waals surface area contributed by atoms with Crippen LogP contribution in [0.5, 0.6) is 0 Å². The molecule has 3 aromatic carbocycles. The molecule has 0 unspecified atom stereocenters. The second-order valence-electron chi connectivity index (χ2n) is 6.80. The minimum absolute atomic E-state index is 0.229. The van der Waals surface area contributed by atoms with Crippen molar-refractivity contribution < 1.29 is 14.7 Å². The Bertz CT molecular complexity index is 988.